The van der Waals surface area contributed by atoms with Crippen molar-refractivity contribution in [1.82, 2.24) is 10.3 Å². The Balaban J connectivity index is 1.70. The third-order valence-electron chi connectivity index (χ3n) is 3.70. The maximum Gasteiger partial charge on any atom is 0.243 e. The van der Waals surface area contributed by atoms with Crippen LogP contribution in [0.5, 0.6) is 0 Å². The van der Waals surface area contributed by atoms with Gasteiger partial charge in [-0.25, -0.2) is 4.98 Å². The van der Waals surface area contributed by atoms with E-state index in [1.165, 1.54) is 11.1 Å². The highest BCUT2D eigenvalue weighted by atomic mass is 79.9. The fourth-order valence-electron chi connectivity index (χ4n) is 2.46. The highest BCUT2D eigenvalue weighted by Crippen LogP contribution is 2.19. The summed E-state index contributed by atoms with van der Waals surface area (Å²) in [6, 6.07) is 9.85. The number of halogens is 1. The zero-order chi connectivity index (χ0) is 14.8. The molecule has 0 fully saturated rings. The number of aryl methyl sites for hydroxylation is 1. The molecular weight excluding hydrogens is 330 g/mol. The smallest absolute Gasteiger partial charge is 0.243 e. The SMILES string of the molecule is Cc1cc(NC(=O)[C@@H]2Cc3ccccc3CN2)ncc1Br. The van der Waals surface area contributed by atoms with E-state index in [-0.39, 0.29) is 11.9 Å². The number of rotatable bonds is 2. The number of nitrogens with zero attached hydrogens (tertiary/aromatic N) is 1. The number of pyridine rings is 1. The Labute approximate surface area is 132 Å². The van der Waals surface area contributed by atoms with Gasteiger partial charge in [-0.2, -0.15) is 0 Å². The Morgan fingerprint density at radius 1 is 1.38 bits per heavy atom. The van der Waals surface area contributed by atoms with Gasteiger partial charge in [-0.05, 0) is 52.0 Å². The van der Waals surface area contributed by atoms with Crippen molar-refractivity contribution in [3.63, 3.8) is 0 Å². The van der Waals surface area contributed by atoms with Crippen LogP contribution < -0.4 is 10.6 Å². The third-order valence-corrected chi connectivity index (χ3v) is 4.53. The lowest BCUT2D eigenvalue weighted by molar-refractivity contribution is -0.118. The quantitative estimate of drug-likeness (QED) is 0.879. The fraction of sp³-hybridized carbons (Fsp3) is 0.250. The Kier molecular flexibility index (Phi) is 4.03. The maximum atomic E-state index is 12.3. The van der Waals surface area contributed by atoms with Gasteiger partial charge in [0.25, 0.3) is 0 Å². The lowest BCUT2D eigenvalue weighted by Gasteiger charge is -2.25. The van der Waals surface area contributed by atoms with Gasteiger partial charge in [0.15, 0.2) is 0 Å². The zero-order valence-electron chi connectivity index (χ0n) is 11.7. The molecule has 0 saturated heterocycles. The maximum absolute atomic E-state index is 12.3. The molecule has 1 amide bonds. The minimum absolute atomic E-state index is 0.0428. The van der Waals surface area contributed by atoms with E-state index in [4.69, 9.17) is 0 Å². The van der Waals surface area contributed by atoms with Crippen molar-refractivity contribution in [1.29, 1.82) is 0 Å². The molecule has 0 radical (unpaired) electrons. The third kappa shape index (κ3) is 3.14. The summed E-state index contributed by atoms with van der Waals surface area (Å²) in [7, 11) is 0. The van der Waals surface area contributed by atoms with Crippen LogP contribution in [-0.2, 0) is 17.8 Å². The van der Waals surface area contributed by atoms with E-state index in [1.807, 2.05) is 25.1 Å². The summed E-state index contributed by atoms with van der Waals surface area (Å²) in [5.41, 5.74) is 3.54. The number of fused-ring (bicyclic) bond motifs is 1. The second-order valence-corrected chi connectivity index (χ2v) is 6.07. The number of aromatic nitrogens is 1. The van der Waals surface area contributed by atoms with Gasteiger partial charge in [0.05, 0.1) is 6.04 Å². The summed E-state index contributed by atoms with van der Waals surface area (Å²) in [6.45, 7) is 2.69. The Bertz CT molecular complexity index is 687. The van der Waals surface area contributed by atoms with Crippen molar-refractivity contribution in [3.8, 4) is 0 Å². The van der Waals surface area contributed by atoms with E-state index in [9.17, 15) is 4.79 Å². The standard InChI is InChI=1S/C16H16BrN3O/c1-10-6-15(19-9-13(10)17)20-16(21)14-7-11-4-2-3-5-12(11)8-18-14/h2-6,9,14,18H,7-8H2,1H3,(H,19,20,21)/t14-/m0/s1. The molecule has 0 unspecified atom stereocenters. The molecule has 0 aliphatic carbocycles. The second-order valence-electron chi connectivity index (χ2n) is 5.21. The molecule has 2 heterocycles. The number of anilines is 1. The molecule has 4 nitrogen and oxygen atoms in total. The van der Waals surface area contributed by atoms with Crippen LogP contribution >= 0.6 is 15.9 Å². The molecule has 2 N–H and O–H groups in total. The minimum atomic E-state index is -0.217. The first-order valence-electron chi connectivity index (χ1n) is 6.86. The van der Waals surface area contributed by atoms with Crippen molar-refractivity contribution in [2.45, 2.75) is 25.9 Å². The summed E-state index contributed by atoms with van der Waals surface area (Å²) in [4.78, 5) is 16.6. The molecule has 2 aromatic rings. The summed E-state index contributed by atoms with van der Waals surface area (Å²) in [5.74, 6) is 0.542. The molecule has 1 aliphatic heterocycles. The number of carbonyl (C=O) groups excluding carboxylic acids is 1. The predicted octanol–water partition coefficient (Wildman–Crippen LogP) is 2.81. The molecule has 0 bridgehead atoms. The van der Waals surface area contributed by atoms with Crippen molar-refractivity contribution in [3.05, 3.63) is 57.7 Å². The van der Waals surface area contributed by atoms with Gasteiger partial charge in [-0.1, -0.05) is 24.3 Å². The number of hydrogen-bond acceptors (Lipinski definition) is 3. The Morgan fingerprint density at radius 3 is 2.90 bits per heavy atom. The summed E-state index contributed by atoms with van der Waals surface area (Å²) in [5, 5.41) is 6.15. The van der Waals surface area contributed by atoms with Crippen LogP contribution in [0.4, 0.5) is 5.82 Å². The normalized spacial score (nSPS) is 17.1. The summed E-state index contributed by atoms with van der Waals surface area (Å²) >= 11 is 3.40. The van der Waals surface area contributed by atoms with Gasteiger partial charge in [0, 0.05) is 17.2 Å². The summed E-state index contributed by atoms with van der Waals surface area (Å²) < 4.78 is 0.935. The van der Waals surface area contributed by atoms with Crippen LogP contribution in [0.1, 0.15) is 16.7 Å². The molecule has 108 valence electrons. The number of amides is 1. The van der Waals surface area contributed by atoms with Crippen LogP contribution in [0.3, 0.4) is 0 Å². The van der Waals surface area contributed by atoms with Gasteiger partial charge in [0.2, 0.25) is 5.91 Å². The minimum Gasteiger partial charge on any atom is -0.309 e. The van der Waals surface area contributed by atoms with Gasteiger partial charge < -0.3 is 10.6 Å². The Morgan fingerprint density at radius 2 is 2.14 bits per heavy atom. The molecular formula is C16H16BrN3O. The number of hydrogen-bond donors (Lipinski definition) is 2. The first-order chi connectivity index (χ1) is 10.1. The number of carbonyl (C=O) groups is 1. The average Bonchev–Trinajstić information content (AvgIpc) is 2.50. The average molecular weight is 346 g/mol. The van der Waals surface area contributed by atoms with Gasteiger partial charge in [0.1, 0.15) is 5.82 Å². The molecule has 1 aromatic heterocycles. The highest BCUT2D eigenvalue weighted by molar-refractivity contribution is 9.10. The van der Waals surface area contributed by atoms with Crippen LogP contribution in [-0.4, -0.2) is 16.9 Å². The molecule has 21 heavy (non-hydrogen) atoms. The molecule has 1 aromatic carbocycles. The molecule has 1 aliphatic rings. The predicted molar refractivity (Wildman–Crippen MR) is 86.1 cm³/mol. The first-order valence-corrected chi connectivity index (χ1v) is 7.66. The van der Waals surface area contributed by atoms with E-state index >= 15 is 0 Å². The van der Waals surface area contributed by atoms with E-state index < -0.39 is 0 Å². The van der Waals surface area contributed by atoms with Crippen LogP contribution in [0.15, 0.2) is 41.0 Å². The lowest BCUT2D eigenvalue weighted by Crippen LogP contribution is -2.44. The fourth-order valence-corrected chi connectivity index (χ4v) is 2.68. The van der Waals surface area contributed by atoms with E-state index in [1.54, 1.807) is 6.20 Å². The zero-order valence-corrected chi connectivity index (χ0v) is 13.3. The molecule has 0 saturated carbocycles. The van der Waals surface area contributed by atoms with Crippen LogP contribution in [0.25, 0.3) is 0 Å². The van der Waals surface area contributed by atoms with Crippen molar-refractivity contribution in [2.24, 2.45) is 0 Å². The lowest BCUT2D eigenvalue weighted by atomic mass is 9.95. The van der Waals surface area contributed by atoms with E-state index in [2.05, 4.69) is 43.7 Å². The largest absolute Gasteiger partial charge is 0.309 e. The molecule has 5 heteroatoms. The highest BCUT2D eigenvalue weighted by Gasteiger charge is 2.24. The summed E-state index contributed by atoms with van der Waals surface area (Å²) in [6.07, 6.45) is 2.41. The molecule has 1 atom stereocenters. The van der Waals surface area contributed by atoms with E-state index in [0.29, 0.717) is 12.2 Å². The monoisotopic (exact) mass is 345 g/mol. The van der Waals surface area contributed by atoms with Crippen molar-refractivity contribution >= 4 is 27.7 Å². The molecule has 0 spiro atoms. The van der Waals surface area contributed by atoms with Crippen molar-refractivity contribution in [2.75, 3.05) is 5.32 Å². The number of nitrogens with one attached hydrogen (secondary N) is 2. The second kappa shape index (κ2) is 5.95. The van der Waals surface area contributed by atoms with Crippen molar-refractivity contribution < 1.29 is 4.79 Å². The van der Waals surface area contributed by atoms with Gasteiger partial charge in [-0.15, -0.1) is 0 Å². The van der Waals surface area contributed by atoms with Crippen LogP contribution in [0.2, 0.25) is 0 Å². The van der Waals surface area contributed by atoms with Gasteiger partial charge in [-0.3, -0.25) is 4.79 Å². The topological polar surface area (TPSA) is 54.0 Å². The first kappa shape index (κ1) is 14.2. The number of benzene rings is 1. The van der Waals surface area contributed by atoms with Crippen LogP contribution in [0, 0.1) is 6.92 Å². The van der Waals surface area contributed by atoms with E-state index in [0.717, 1.165) is 16.6 Å². The molecule has 3 rings (SSSR count). The van der Waals surface area contributed by atoms with Gasteiger partial charge >= 0.3 is 0 Å². The Hall–Kier alpha value is -1.72.